The molecule has 17 heteroatoms. The predicted octanol–water partition coefficient (Wildman–Crippen LogP) is 5.11. The molecule has 0 unspecified atom stereocenters. The molecule has 7 rings (SSSR count). The number of carbonyl (C=O) groups is 2. The first-order valence-corrected chi connectivity index (χ1v) is 15.9. The van der Waals surface area contributed by atoms with Crippen molar-refractivity contribution in [3.05, 3.63) is 58.5 Å². The Hall–Kier alpha value is -4.44. The van der Waals surface area contributed by atoms with Crippen LogP contribution in [0.15, 0.2) is 27.5 Å². The first kappa shape index (κ1) is 32.1. The molecule has 2 aliphatic carbocycles. The summed E-state index contributed by atoms with van der Waals surface area (Å²) in [4.78, 5) is 35.6. The van der Waals surface area contributed by atoms with Crippen molar-refractivity contribution >= 4 is 17.5 Å². The molecule has 5 heterocycles. The maximum atomic E-state index is 14.1. The third-order valence-electron chi connectivity index (χ3n) is 9.74. The summed E-state index contributed by atoms with van der Waals surface area (Å²) >= 11 is 0. The summed E-state index contributed by atoms with van der Waals surface area (Å²) in [5.74, 6) is -3.75. The fraction of sp³-hybridized carbons (Fsp3) is 0.581. The van der Waals surface area contributed by atoms with Crippen LogP contribution in [0.4, 0.5) is 22.0 Å². The van der Waals surface area contributed by atoms with Crippen LogP contribution in [-0.4, -0.2) is 59.9 Å². The van der Waals surface area contributed by atoms with Gasteiger partial charge < -0.3 is 15.1 Å². The highest BCUT2D eigenvalue weighted by atomic mass is 19.4. The molecule has 12 nitrogen and oxygen atoms in total. The van der Waals surface area contributed by atoms with Crippen molar-refractivity contribution in [3.8, 4) is 0 Å². The number of aromatic nitrogens is 6. The Balaban J connectivity index is 1.19. The van der Waals surface area contributed by atoms with E-state index in [-0.39, 0.29) is 56.1 Å². The Morgan fingerprint density at radius 3 is 2.52 bits per heavy atom. The van der Waals surface area contributed by atoms with Crippen molar-refractivity contribution in [2.24, 2.45) is 11.3 Å². The average molecular weight is 677 g/mol. The Labute approximate surface area is 270 Å². The number of hydrogen-bond acceptors (Lipinski definition) is 9. The first-order chi connectivity index (χ1) is 22.7. The summed E-state index contributed by atoms with van der Waals surface area (Å²) in [6, 6.07) is -1.19. The van der Waals surface area contributed by atoms with Crippen LogP contribution in [0, 0.1) is 25.2 Å². The molecule has 4 aromatic heterocycles. The zero-order chi connectivity index (χ0) is 34.0. The van der Waals surface area contributed by atoms with Crippen molar-refractivity contribution in [3.63, 3.8) is 0 Å². The van der Waals surface area contributed by atoms with Crippen molar-refractivity contribution in [2.75, 3.05) is 0 Å². The van der Waals surface area contributed by atoms with E-state index in [1.807, 2.05) is 0 Å². The van der Waals surface area contributed by atoms with Crippen molar-refractivity contribution in [2.45, 2.75) is 102 Å². The third kappa shape index (κ3) is 6.25. The summed E-state index contributed by atoms with van der Waals surface area (Å²) in [7, 11) is 0. The van der Waals surface area contributed by atoms with Gasteiger partial charge in [-0.05, 0) is 68.2 Å². The van der Waals surface area contributed by atoms with Gasteiger partial charge in [0.25, 0.3) is 5.91 Å². The summed E-state index contributed by atoms with van der Waals surface area (Å²) in [6.45, 7) is 3.29. The number of nitrogens with one attached hydrogen (secondary N) is 2. The lowest BCUT2D eigenvalue weighted by Crippen LogP contribution is -2.39. The van der Waals surface area contributed by atoms with Gasteiger partial charge in [-0.1, -0.05) is 5.16 Å². The highest BCUT2D eigenvalue weighted by Crippen LogP contribution is 2.44. The zero-order valence-electron chi connectivity index (χ0n) is 26.1. The number of imidazole rings is 1. The Kier molecular flexibility index (Phi) is 7.77. The number of carbonyl (C=O) groups excluding carboxylic acids is 2. The van der Waals surface area contributed by atoms with Crippen LogP contribution in [0.25, 0.3) is 5.65 Å². The lowest BCUT2D eigenvalue weighted by atomic mass is 9.75. The third-order valence-corrected chi connectivity index (χ3v) is 9.74. The average Bonchev–Trinajstić information content (AvgIpc) is 3.30. The van der Waals surface area contributed by atoms with Gasteiger partial charge in [0.1, 0.15) is 17.5 Å². The minimum atomic E-state index is -4.64. The maximum Gasteiger partial charge on any atom is 0.408 e. The van der Waals surface area contributed by atoms with Crippen molar-refractivity contribution in [1.82, 2.24) is 40.5 Å². The summed E-state index contributed by atoms with van der Waals surface area (Å²) in [6.07, 6.45) is -1.04. The number of hydrogen-bond donors (Lipinski definition) is 2. The summed E-state index contributed by atoms with van der Waals surface area (Å²) < 4.78 is 81.6. The van der Waals surface area contributed by atoms with E-state index in [2.05, 4.69) is 31.0 Å². The molecule has 3 fully saturated rings. The van der Waals surface area contributed by atoms with Gasteiger partial charge in [-0.25, -0.2) is 27.9 Å². The number of aryl methyl sites for hydroxylation is 2. The van der Waals surface area contributed by atoms with E-state index in [1.54, 1.807) is 26.1 Å². The largest absolute Gasteiger partial charge is 0.446 e. The molecule has 1 saturated heterocycles. The van der Waals surface area contributed by atoms with E-state index in [1.165, 1.54) is 10.7 Å². The topological polar surface area (TPSA) is 153 Å². The first-order valence-electron chi connectivity index (χ1n) is 15.9. The standard InChI is InChI=1S/C31H33F5N8O4/c1-15-21(47-16(2)38-15)11-29(12-22(31(34,35)36)40-28(29)46)10-17-9-23-39-20(14-44(23)37-13-17)24(19-5-7-30(32,33)8-6-19)41-27(45)26-25(18-3-4-18)42-48-43-26/h9,13-14,18-19,22,24H,3-8,10-12H2,1-2H3,(H,40,46)(H,41,45)/t22-,24-,29+/m0/s1. The Morgan fingerprint density at radius 2 is 1.88 bits per heavy atom. The SMILES string of the molecule is Cc1nc(C)c(C[C@]2(Cc3cnn4cc([C@@H](NC(=O)c5nonc5C5CC5)C5CCC(F)(F)CC5)nc4c3)C[C@@H](C(F)(F)F)NC2=O)o1. The van der Waals surface area contributed by atoms with Gasteiger partial charge in [0.2, 0.25) is 11.8 Å². The highest BCUT2D eigenvalue weighted by molar-refractivity contribution is 5.93. The predicted molar refractivity (Wildman–Crippen MR) is 155 cm³/mol. The minimum absolute atomic E-state index is 0.0438. The fourth-order valence-electron chi connectivity index (χ4n) is 7.04. The van der Waals surface area contributed by atoms with Gasteiger partial charge in [0, 0.05) is 32.1 Å². The number of alkyl halides is 5. The molecule has 0 radical (unpaired) electrons. The molecular weight excluding hydrogens is 643 g/mol. The lowest BCUT2D eigenvalue weighted by molar-refractivity contribution is -0.155. The Bertz CT molecular complexity index is 1850. The molecule has 2 amide bonds. The second-order valence-corrected chi connectivity index (χ2v) is 13.4. The Morgan fingerprint density at radius 1 is 1.12 bits per heavy atom. The molecule has 4 aromatic rings. The molecule has 3 aliphatic rings. The van der Waals surface area contributed by atoms with E-state index in [9.17, 15) is 31.5 Å². The van der Waals surface area contributed by atoms with Crippen molar-refractivity contribution < 1.29 is 40.6 Å². The lowest BCUT2D eigenvalue weighted by Gasteiger charge is -2.33. The van der Waals surface area contributed by atoms with E-state index in [0.29, 0.717) is 39.9 Å². The zero-order valence-corrected chi connectivity index (χ0v) is 26.1. The van der Waals surface area contributed by atoms with Crippen LogP contribution in [-0.2, 0) is 17.6 Å². The van der Waals surface area contributed by atoms with Crippen LogP contribution < -0.4 is 10.6 Å². The molecule has 3 atom stereocenters. The van der Waals surface area contributed by atoms with E-state index in [4.69, 9.17) is 14.0 Å². The summed E-state index contributed by atoms with van der Waals surface area (Å²) in [5, 5.41) is 17.1. The second-order valence-electron chi connectivity index (χ2n) is 13.4. The van der Waals surface area contributed by atoms with Gasteiger partial charge in [-0.3, -0.25) is 9.59 Å². The summed E-state index contributed by atoms with van der Waals surface area (Å²) in [5.41, 5.74) is 0.593. The molecule has 2 saturated carbocycles. The monoisotopic (exact) mass is 676 g/mol. The molecule has 256 valence electrons. The highest BCUT2D eigenvalue weighted by Gasteiger charge is 2.56. The van der Waals surface area contributed by atoms with Gasteiger partial charge in [0.05, 0.1) is 35.2 Å². The van der Waals surface area contributed by atoms with Crippen LogP contribution >= 0.6 is 0 Å². The molecular formula is C31H33F5N8O4. The normalized spacial score (nSPS) is 23.8. The van der Waals surface area contributed by atoms with Crippen LogP contribution in [0.5, 0.6) is 0 Å². The van der Waals surface area contributed by atoms with Crippen LogP contribution in [0.1, 0.15) is 102 Å². The minimum Gasteiger partial charge on any atom is -0.446 e. The number of fused-ring (bicyclic) bond motifs is 1. The fourth-order valence-corrected chi connectivity index (χ4v) is 7.04. The maximum absolute atomic E-state index is 14.1. The molecule has 0 spiro atoms. The van der Waals surface area contributed by atoms with E-state index >= 15 is 0 Å². The van der Waals surface area contributed by atoms with Gasteiger partial charge in [-0.2, -0.15) is 18.3 Å². The second kappa shape index (κ2) is 11.6. The molecule has 0 bridgehead atoms. The number of oxazole rings is 1. The van der Waals surface area contributed by atoms with E-state index < -0.39 is 47.8 Å². The van der Waals surface area contributed by atoms with Gasteiger partial charge in [0.15, 0.2) is 17.2 Å². The van der Waals surface area contributed by atoms with Gasteiger partial charge in [-0.15, -0.1) is 0 Å². The van der Waals surface area contributed by atoms with Crippen LogP contribution in [0.3, 0.4) is 0 Å². The number of rotatable bonds is 9. The van der Waals surface area contributed by atoms with Gasteiger partial charge >= 0.3 is 6.18 Å². The smallest absolute Gasteiger partial charge is 0.408 e. The van der Waals surface area contributed by atoms with Crippen LogP contribution in [0.2, 0.25) is 0 Å². The number of halogens is 5. The molecule has 2 N–H and O–H groups in total. The quantitative estimate of drug-likeness (QED) is 0.230. The molecule has 1 aliphatic heterocycles. The number of amides is 2. The molecule has 0 aromatic carbocycles. The molecule has 48 heavy (non-hydrogen) atoms. The van der Waals surface area contributed by atoms with Crippen molar-refractivity contribution in [1.29, 1.82) is 0 Å². The number of nitrogens with zero attached hydrogens (tertiary/aromatic N) is 6. The van der Waals surface area contributed by atoms with E-state index in [0.717, 1.165) is 12.8 Å².